The molecule has 0 bridgehead atoms. The third-order valence-corrected chi connectivity index (χ3v) is 13.2. The molecule has 0 saturated carbocycles. The van der Waals surface area contributed by atoms with Gasteiger partial charge in [-0.2, -0.15) is 9.78 Å². The van der Waals surface area contributed by atoms with Crippen LogP contribution in [0.25, 0.3) is 16.5 Å². The summed E-state index contributed by atoms with van der Waals surface area (Å²) in [5, 5.41) is 16.0. The summed E-state index contributed by atoms with van der Waals surface area (Å²) >= 11 is 6.57. The van der Waals surface area contributed by atoms with Gasteiger partial charge in [0.15, 0.2) is 13.9 Å². The Labute approximate surface area is 308 Å². The zero-order valence-corrected chi connectivity index (χ0v) is 31.0. The molecule has 2 aliphatic rings. The Hall–Kier alpha value is -4.65. The molecule has 0 unspecified atom stereocenters. The van der Waals surface area contributed by atoms with Crippen molar-refractivity contribution < 1.29 is 24.2 Å². The number of anilines is 1. The van der Waals surface area contributed by atoms with Crippen LogP contribution in [-0.2, 0) is 33.0 Å². The number of halogens is 1. The van der Waals surface area contributed by atoms with E-state index in [9.17, 15) is 24.3 Å². The van der Waals surface area contributed by atoms with Crippen molar-refractivity contribution >= 4 is 48.2 Å². The summed E-state index contributed by atoms with van der Waals surface area (Å²) < 4.78 is 8.22. The third-order valence-electron chi connectivity index (χ3n) is 10.5. The van der Waals surface area contributed by atoms with E-state index in [-0.39, 0.29) is 43.5 Å². The number of benzene rings is 4. The van der Waals surface area contributed by atoms with Crippen LogP contribution in [0.3, 0.4) is 0 Å². The molecule has 12 heteroatoms. The van der Waals surface area contributed by atoms with Gasteiger partial charge in [-0.05, 0) is 60.6 Å². The summed E-state index contributed by atoms with van der Waals surface area (Å²) in [6.07, 6.45) is 0.845. The molecule has 3 heterocycles. The van der Waals surface area contributed by atoms with Crippen molar-refractivity contribution in [1.29, 1.82) is 0 Å². The normalized spacial score (nSPS) is 21.2. The number of ether oxygens (including phenoxy) is 1. The van der Waals surface area contributed by atoms with Crippen molar-refractivity contribution in [3.8, 4) is 5.69 Å². The van der Waals surface area contributed by atoms with Crippen LogP contribution in [-0.4, -0.2) is 64.0 Å². The van der Waals surface area contributed by atoms with Gasteiger partial charge in [0.1, 0.15) is 0 Å². The molecule has 7 rings (SSSR count). The number of aliphatic hydroxyl groups is 1. The van der Waals surface area contributed by atoms with Crippen molar-refractivity contribution in [1.82, 2.24) is 14.7 Å². The van der Waals surface area contributed by atoms with Crippen LogP contribution >= 0.6 is 11.6 Å². The number of rotatable bonds is 10. The van der Waals surface area contributed by atoms with Gasteiger partial charge < -0.3 is 24.4 Å². The lowest BCUT2D eigenvalue weighted by Crippen LogP contribution is -2.46. The fourth-order valence-corrected chi connectivity index (χ4v) is 10.9. The Morgan fingerprint density at radius 3 is 2.40 bits per heavy atom. The van der Waals surface area contributed by atoms with Crippen LogP contribution in [0.4, 0.5) is 5.69 Å². The van der Waals surface area contributed by atoms with Crippen molar-refractivity contribution in [2.45, 2.75) is 56.8 Å². The molecule has 10 nitrogen and oxygen atoms in total. The highest BCUT2D eigenvalue weighted by Gasteiger charge is 2.66. The van der Waals surface area contributed by atoms with Crippen molar-refractivity contribution in [2.24, 2.45) is 5.92 Å². The van der Waals surface area contributed by atoms with Crippen molar-refractivity contribution in [2.75, 3.05) is 18.1 Å². The first-order valence-corrected chi connectivity index (χ1v) is 20.8. The minimum absolute atomic E-state index is 0.0621. The number of nitrogens with zero attached hydrogens (tertiary/aromatic N) is 4. The maximum atomic E-state index is 14.9. The Morgan fingerprint density at radius 2 is 1.69 bits per heavy atom. The molecule has 268 valence electrons. The molecule has 2 amide bonds. The summed E-state index contributed by atoms with van der Waals surface area (Å²) in [7, 11) is -3.04. The first-order valence-electron chi connectivity index (χ1n) is 17.4. The lowest BCUT2D eigenvalue weighted by atomic mass is 9.82. The Balaban J connectivity index is 1.19. The second-order valence-corrected chi connectivity index (χ2v) is 18.7. The Kier molecular flexibility index (Phi) is 9.66. The summed E-state index contributed by atoms with van der Waals surface area (Å²) in [4.78, 5) is 56.9. The molecular weight excluding hydrogens is 696 g/mol. The molecule has 1 fully saturated rings. The largest absolute Gasteiger partial charge is 0.432 e. The molecular formula is C40H41ClN4O6Si. The van der Waals surface area contributed by atoms with Crippen LogP contribution in [0, 0.1) is 5.92 Å². The molecule has 1 spiro atoms. The highest BCUT2D eigenvalue weighted by molar-refractivity contribution is 6.71. The average Bonchev–Trinajstić information content (AvgIpc) is 3.55. The standard InChI is InChI=1S/C40H41ClN4O6Si/c1-26-37(52(2,3)50)35(22-36(47)43(19-20-46)24-27-9-5-4-6-10-27)51-40(26)33-21-30(41)15-18-34(33)44(39(40)49)25-28-13-16-31(17-14-28)45-38(48)32-12-8-7-11-29(32)23-42-45/h4-18,21,23,26,35,37,46,50H,19-20,22,24-25H2,1-3H3/t26-,35+,37-,40+/m1/s1. The second-order valence-electron chi connectivity index (χ2n) is 14.3. The lowest BCUT2D eigenvalue weighted by Gasteiger charge is -2.32. The van der Waals surface area contributed by atoms with E-state index in [4.69, 9.17) is 16.3 Å². The van der Waals surface area contributed by atoms with Gasteiger partial charge in [-0.3, -0.25) is 14.4 Å². The van der Waals surface area contributed by atoms with Gasteiger partial charge in [0, 0.05) is 40.5 Å². The van der Waals surface area contributed by atoms with Crippen LogP contribution < -0.4 is 10.5 Å². The van der Waals surface area contributed by atoms with Crippen LogP contribution in [0.2, 0.25) is 23.7 Å². The molecule has 0 aliphatic carbocycles. The minimum Gasteiger partial charge on any atom is -0.432 e. The van der Waals surface area contributed by atoms with Gasteiger partial charge in [0.2, 0.25) is 5.91 Å². The number of amides is 2. The highest BCUT2D eigenvalue weighted by atomic mass is 35.5. The molecule has 2 aliphatic heterocycles. The molecule has 52 heavy (non-hydrogen) atoms. The predicted molar refractivity (Wildman–Crippen MR) is 203 cm³/mol. The average molecular weight is 737 g/mol. The van der Waals surface area contributed by atoms with Crippen molar-refractivity contribution in [3.63, 3.8) is 0 Å². The van der Waals surface area contributed by atoms with Gasteiger partial charge in [0.05, 0.1) is 48.6 Å². The van der Waals surface area contributed by atoms with Gasteiger partial charge in [-0.15, -0.1) is 0 Å². The second kappa shape index (κ2) is 14.1. The van der Waals surface area contributed by atoms with Gasteiger partial charge in [-0.1, -0.05) is 79.2 Å². The van der Waals surface area contributed by atoms with E-state index in [0.29, 0.717) is 33.9 Å². The third kappa shape index (κ3) is 6.37. The Bertz CT molecular complexity index is 2190. The Morgan fingerprint density at radius 1 is 0.981 bits per heavy atom. The summed E-state index contributed by atoms with van der Waals surface area (Å²) in [5.41, 5.74) is 1.42. The van der Waals surface area contributed by atoms with Gasteiger partial charge in [0.25, 0.3) is 11.5 Å². The number of aromatic nitrogens is 2. The van der Waals surface area contributed by atoms with Crippen LogP contribution in [0.15, 0.2) is 108 Å². The quantitative estimate of drug-likeness (QED) is 0.174. The number of hydrogen-bond donors (Lipinski definition) is 2. The maximum Gasteiger partial charge on any atom is 0.279 e. The molecule has 4 aromatic carbocycles. The first-order chi connectivity index (χ1) is 24.9. The van der Waals surface area contributed by atoms with Crippen LogP contribution in [0.5, 0.6) is 0 Å². The van der Waals surface area contributed by atoms with E-state index in [1.807, 2.05) is 86.7 Å². The maximum absolute atomic E-state index is 14.9. The highest BCUT2D eigenvalue weighted by Crippen LogP contribution is 2.60. The topological polar surface area (TPSA) is 125 Å². The van der Waals surface area contributed by atoms with E-state index in [0.717, 1.165) is 16.5 Å². The molecule has 0 radical (unpaired) electrons. The fourth-order valence-electron chi connectivity index (χ4n) is 8.12. The SMILES string of the molecule is C[C@@H]1[C@@H]([Si](C)(C)O)[C@H](CC(=O)N(CCO)Cc2ccccc2)O[C@@]12C(=O)N(Cc1ccc(-n3ncc4ccccc4c3=O)cc1)c1ccc(Cl)cc12. The molecule has 1 saturated heterocycles. The summed E-state index contributed by atoms with van der Waals surface area (Å²) in [5.74, 6) is -1.01. The van der Waals surface area contributed by atoms with Gasteiger partial charge in [-0.25, -0.2) is 0 Å². The van der Waals surface area contributed by atoms with Gasteiger partial charge >= 0.3 is 0 Å². The zero-order chi connectivity index (χ0) is 36.8. The zero-order valence-electron chi connectivity index (χ0n) is 29.3. The molecule has 5 aromatic rings. The fraction of sp³-hybridized carbons (Fsp3) is 0.300. The number of hydrogen-bond acceptors (Lipinski definition) is 7. The van der Waals surface area contributed by atoms with E-state index in [1.165, 1.54) is 4.68 Å². The van der Waals surface area contributed by atoms with Crippen molar-refractivity contribution in [3.05, 3.63) is 135 Å². The number of fused-ring (bicyclic) bond motifs is 3. The van der Waals surface area contributed by atoms with Crippen LogP contribution in [0.1, 0.15) is 30.0 Å². The summed E-state index contributed by atoms with van der Waals surface area (Å²) in [6.45, 7) is 6.01. The van der Waals surface area contributed by atoms with E-state index >= 15 is 0 Å². The predicted octanol–water partition coefficient (Wildman–Crippen LogP) is 5.79. The first kappa shape index (κ1) is 35.7. The minimum atomic E-state index is -3.04. The van der Waals surface area contributed by atoms with E-state index in [2.05, 4.69) is 5.10 Å². The molecule has 2 N–H and O–H groups in total. The summed E-state index contributed by atoms with van der Waals surface area (Å²) in [6, 6.07) is 29.5. The smallest absolute Gasteiger partial charge is 0.279 e. The lowest BCUT2D eigenvalue weighted by molar-refractivity contribution is -0.150. The number of aliphatic hydroxyl groups excluding tert-OH is 1. The number of carbonyl (C=O) groups excluding carboxylic acids is 2. The van der Waals surface area contributed by atoms with E-state index in [1.54, 1.807) is 46.3 Å². The molecule has 4 atom stereocenters. The molecule has 1 aromatic heterocycles. The monoisotopic (exact) mass is 736 g/mol. The van der Waals surface area contributed by atoms with E-state index < -0.39 is 31.5 Å². The number of carbonyl (C=O) groups is 2.